The fourth-order valence-electron chi connectivity index (χ4n) is 3.05. The second kappa shape index (κ2) is 4.15. The van der Waals surface area contributed by atoms with E-state index in [2.05, 4.69) is 10.2 Å². The van der Waals surface area contributed by atoms with Gasteiger partial charge < -0.3 is 10.0 Å². The van der Waals surface area contributed by atoms with Crippen LogP contribution >= 0.6 is 0 Å². The smallest absolute Gasteiger partial charge is 0.329 e. The molecule has 96 valence electrons. The highest BCUT2D eigenvalue weighted by Gasteiger charge is 2.44. The maximum atomic E-state index is 11.7. The van der Waals surface area contributed by atoms with E-state index in [1.54, 1.807) is 6.20 Å². The van der Waals surface area contributed by atoms with Crippen LogP contribution < -0.4 is 0 Å². The van der Waals surface area contributed by atoms with E-state index in [1.165, 1.54) is 0 Å². The lowest BCUT2D eigenvalue weighted by atomic mass is 9.80. The van der Waals surface area contributed by atoms with E-state index in [0.29, 0.717) is 6.54 Å². The maximum Gasteiger partial charge on any atom is 0.329 e. The molecule has 0 bridgehead atoms. The molecule has 1 aliphatic heterocycles. The summed E-state index contributed by atoms with van der Waals surface area (Å²) < 4.78 is 0. The molecule has 0 spiro atoms. The Kier molecular flexibility index (Phi) is 2.61. The molecular weight excluding hydrogens is 230 g/mol. The molecule has 0 saturated heterocycles. The molecule has 1 fully saturated rings. The van der Waals surface area contributed by atoms with Crippen LogP contribution in [-0.2, 0) is 11.3 Å². The monoisotopic (exact) mass is 247 g/mol. The molecule has 0 aromatic carbocycles. The summed E-state index contributed by atoms with van der Waals surface area (Å²) in [6.07, 6.45) is 10.2. The molecule has 1 aromatic heterocycles. The Labute approximate surface area is 105 Å². The summed E-state index contributed by atoms with van der Waals surface area (Å²) in [6.45, 7) is 0.634. The second-order valence-corrected chi connectivity index (χ2v) is 5.15. The van der Waals surface area contributed by atoms with Crippen molar-refractivity contribution in [3.63, 3.8) is 0 Å². The van der Waals surface area contributed by atoms with E-state index >= 15 is 0 Å². The fourth-order valence-corrected chi connectivity index (χ4v) is 3.05. The fraction of sp³-hybridized carbons (Fsp3) is 0.538. The number of carboxylic acid groups (broad SMARTS) is 1. The van der Waals surface area contributed by atoms with Crippen molar-refractivity contribution in [3.05, 3.63) is 23.7 Å². The minimum Gasteiger partial charge on any atom is -0.479 e. The van der Waals surface area contributed by atoms with Gasteiger partial charge in [-0.3, -0.25) is 5.10 Å². The lowest BCUT2D eigenvalue weighted by molar-refractivity contribution is -0.152. The van der Waals surface area contributed by atoms with E-state index in [9.17, 15) is 9.90 Å². The van der Waals surface area contributed by atoms with Gasteiger partial charge in [-0.15, -0.1) is 0 Å². The van der Waals surface area contributed by atoms with Gasteiger partial charge in [0.05, 0.1) is 11.9 Å². The maximum absolute atomic E-state index is 11.7. The third kappa shape index (κ3) is 1.62. The number of nitrogens with one attached hydrogen (secondary N) is 1. The van der Waals surface area contributed by atoms with Crippen LogP contribution in [0.15, 0.2) is 12.4 Å². The zero-order chi connectivity index (χ0) is 12.6. The summed E-state index contributed by atoms with van der Waals surface area (Å²) in [7, 11) is 0. The number of H-pyrrole nitrogens is 1. The van der Waals surface area contributed by atoms with Crippen LogP contribution in [0.1, 0.15) is 43.4 Å². The summed E-state index contributed by atoms with van der Waals surface area (Å²) in [4.78, 5) is 13.7. The van der Waals surface area contributed by atoms with Crippen LogP contribution in [0.4, 0.5) is 0 Å². The van der Waals surface area contributed by atoms with Gasteiger partial charge in [0.1, 0.15) is 5.54 Å². The molecule has 3 rings (SSSR count). The van der Waals surface area contributed by atoms with Crippen molar-refractivity contribution >= 4 is 12.0 Å². The number of fused-ring (bicyclic) bond motifs is 1. The molecule has 1 aliphatic carbocycles. The van der Waals surface area contributed by atoms with Crippen molar-refractivity contribution in [1.82, 2.24) is 15.1 Å². The van der Waals surface area contributed by atoms with Crippen molar-refractivity contribution in [2.24, 2.45) is 0 Å². The van der Waals surface area contributed by atoms with Crippen molar-refractivity contribution < 1.29 is 9.90 Å². The van der Waals surface area contributed by atoms with Crippen molar-refractivity contribution in [3.8, 4) is 0 Å². The first kappa shape index (κ1) is 11.3. The predicted octanol–water partition coefficient (Wildman–Crippen LogP) is 1.98. The highest BCUT2D eigenvalue weighted by Crippen LogP contribution is 2.37. The summed E-state index contributed by atoms with van der Waals surface area (Å²) >= 11 is 0. The first-order valence-electron chi connectivity index (χ1n) is 6.43. The molecule has 1 saturated carbocycles. The van der Waals surface area contributed by atoms with E-state index in [-0.39, 0.29) is 0 Å². The molecule has 2 aliphatic rings. The number of aliphatic carboxylic acids is 1. The molecule has 2 N–H and O–H groups in total. The largest absolute Gasteiger partial charge is 0.479 e. The van der Waals surface area contributed by atoms with Crippen LogP contribution in [0.3, 0.4) is 0 Å². The number of carboxylic acids is 1. The average Bonchev–Trinajstić information content (AvgIpc) is 2.86. The quantitative estimate of drug-likeness (QED) is 0.838. The molecular formula is C13H17N3O2. The molecule has 0 unspecified atom stereocenters. The topological polar surface area (TPSA) is 69.2 Å². The summed E-state index contributed by atoms with van der Waals surface area (Å²) in [6, 6.07) is 0. The first-order valence-corrected chi connectivity index (χ1v) is 6.43. The van der Waals surface area contributed by atoms with Crippen molar-refractivity contribution in [1.29, 1.82) is 0 Å². The Bertz CT molecular complexity index is 486. The Hall–Kier alpha value is -1.78. The lowest BCUT2D eigenvalue weighted by Crippen LogP contribution is -2.53. The first-order chi connectivity index (χ1) is 8.72. The summed E-state index contributed by atoms with van der Waals surface area (Å²) in [5, 5.41) is 16.6. The number of nitrogens with zero attached hydrogens (tertiary/aromatic N) is 2. The van der Waals surface area contributed by atoms with Gasteiger partial charge in [-0.2, -0.15) is 5.10 Å². The number of rotatable bonds is 2. The minimum atomic E-state index is -0.719. The van der Waals surface area contributed by atoms with Crippen molar-refractivity contribution in [2.75, 3.05) is 0 Å². The highest BCUT2D eigenvalue weighted by atomic mass is 16.4. The van der Waals surface area contributed by atoms with Gasteiger partial charge >= 0.3 is 5.97 Å². The van der Waals surface area contributed by atoms with Gasteiger partial charge in [0.25, 0.3) is 0 Å². The number of aromatic amines is 1. The van der Waals surface area contributed by atoms with E-state index in [1.807, 2.05) is 17.2 Å². The molecule has 1 aromatic rings. The molecule has 0 amide bonds. The van der Waals surface area contributed by atoms with Crippen LogP contribution in [0.5, 0.6) is 0 Å². The zero-order valence-corrected chi connectivity index (χ0v) is 10.2. The predicted molar refractivity (Wildman–Crippen MR) is 66.6 cm³/mol. The Balaban J connectivity index is 1.91. The summed E-state index contributed by atoms with van der Waals surface area (Å²) in [5.41, 5.74) is 1.34. The minimum absolute atomic E-state index is 0.634. The number of aromatic nitrogens is 2. The average molecular weight is 247 g/mol. The third-order valence-corrected chi connectivity index (χ3v) is 4.14. The van der Waals surface area contributed by atoms with Crippen LogP contribution in [0.25, 0.3) is 6.08 Å². The van der Waals surface area contributed by atoms with E-state index in [4.69, 9.17) is 0 Å². The van der Waals surface area contributed by atoms with Crippen LogP contribution in [0, 0.1) is 0 Å². The van der Waals surface area contributed by atoms with Crippen LogP contribution in [-0.4, -0.2) is 31.7 Å². The lowest BCUT2D eigenvalue weighted by Gasteiger charge is -2.43. The van der Waals surface area contributed by atoms with Crippen molar-refractivity contribution in [2.45, 2.75) is 44.2 Å². The Morgan fingerprint density at radius 1 is 1.39 bits per heavy atom. The van der Waals surface area contributed by atoms with Gasteiger partial charge in [0.15, 0.2) is 0 Å². The van der Waals surface area contributed by atoms with E-state index < -0.39 is 11.5 Å². The Morgan fingerprint density at radius 2 is 2.17 bits per heavy atom. The van der Waals surface area contributed by atoms with E-state index in [0.717, 1.165) is 43.4 Å². The molecule has 5 heteroatoms. The molecule has 0 radical (unpaired) electrons. The summed E-state index contributed by atoms with van der Waals surface area (Å²) in [5.74, 6) is -0.696. The van der Waals surface area contributed by atoms with Crippen LogP contribution in [0.2, 0.25) is 0 Å². The van der Waals surface area contributed by atoms with Gasteiger partial charge in [-0.05, 0) is 18.9 Å². The molecule has 0 atom stereocenters. The van der Waals surface area contributed by atoms with Gasteiger partial charge in [0, 0.05) is 18.3 Å². The van der Waals surface area contributed by atoms with Gasteiger partial charge in [-0.1, -0.05) is 19.3 Å². The number of hydrogen-bond acceptors (Lipinski definition) is 3. The second-order valence-electron chi connectivity index (χ2n) is 5.15. The molecule has 2 heterocycles. The highest BCUT2D eigenvalue weighted by molar-refractivity contribution is 5.79. The zero-order valence-electron chi connectivity index (χ0n) is 10.2. The standard InChI is InChI=1S/C13H17N3O2/c17-12(18)13(5-2-1-3-6-13)16-7-4-11-10(9-16)8-14-15-11/h4,7-8H,1-3,5-6,9H2,(H,14,15)(H,17,18). The molecule has 5 nitrogen and oxygen atoms in total. The Morgan fingerprint density at radius 3 is 2.89 bits per heavy atom. The van der Waals surface area contributed by atoms with Gasteiger partial charge in [-0.25, -0.2) is 4.79 Å². The number of hydrogen-bond donors (Lipinski definition) is 2. The SMILES string of the molecule is O=C(O)C1(N2C=Cc3[nH]ncc3C2)CCCCC1. The molecule has 18 heavy (non-hydrogen) atoms. The number of carbonyl (C=O) groups is 1. The normalized spacial score (nSPS) is 21.7. The van der Waals surface area contributed by atoms with Gasteiger partial charge in [0.2, 0.25) is 0 Å². The third-order valence-electron chi connectivity index (χ3n) is 4.14.